The number of aromatic nitrogens is 2. The number of hydrogen-bond donors (Lipinski definition) is 1. The molecular formula is C16H20ClN3. The van der Waals surface area contributed by atoms with Crippen LogP contribution in [0.1, 0.15) is 28.9 Å². The zero-order chi connectivity index (χ0) is 14.3. The smallest absolute Gasteiger partial charge is 0.0847 e. The summed E-state index contributed by atoms with van der Waals surface area (Å²) < 4.78 is 1.87. The molecule has 1 atom stereocenters. The van der Waals surface area contributed by atoms with Crippen molar-refractivity contribution in [3.8, 4) is 0 Å². The number of benzene rings is 1. The zero-order valence-electron chi connectivity index (χ0n) is 12.0. The van der Waals surface area contributed by atoms with E-state index in [1.807, 2.05) is 18.7 Å². The molecule has 0 saturated carbocycles. The molecule has 4 heteroatoms. The van der Waals surface area contributed by atoms with Gasteiger partial charge in [-0.1, -0.05) is 35.9 Å². The van der Waals surface area contributed by atoms with E-state index in [0.29, 0.717) is 0 Å². The Hall–Kier alpha value is -1.32. The van der Waals surface area contributed by atoms with Crippen molar-refractivity contribution in [1.29, 1.82) is 0 Å². The maximum Gasteiger partial charge on any atom is 0.0847 e. The summed E-state index contributed by atoms with van der Waals surface area (Å²) in [5.41, 5.74) is 11.2. The van der Waals surface area contributed by atoms with Crippen molar-refractivity contribution < 1.29 is 0 Å². The van der Waals surface area contributed by atoms with Gasteiger partial charge in [-0.25, -0.2) is 0 Å². The first-order valence-electron chi connectivity index (χ1n) is 7.02. The minimum Gasteiger partial charge on any atom is -0.324 e. The summed E-state index contributed by atoms with van der Waals surface area (Å²) in [7, 11) is 1.94. The third kappa shape index (κ3) is 2.36. The Morgan fingerprint density at radius 3 is 2.70 bits per heavy atom. The van der Waals surface area contributed by atoms with Gasteiger partial charge in [0, 0.05) is 19.0 Å². The minimum absolute atomic E-state index is 0.224. The molecule has 3 nitrogen and oxygen atoms in total. The molecule has 2 N–H and O–H groups in total. The van der Waals surface area contributed by atoms with Gasteiger partial charge in [0.25, 0.3) is 0 Å². The summed E-state index contributed by atoms with van der Waals surface area (Å²) in [5, 5.41) is 5.14. The molecule has 3 rings (SSSR count). The maximum atomic E-state index is 6.65. The van der Waals surface area contributed by atoms with Crippen LogP contribution in [0.5, 0.6) is 0 Å². The van der Waals surface area contributed by atoms with Crippen molar-refractivity contribution in [2.75, 3.05) is 0 Å². The van der Waals surface area contributed by atoms with E-state index in [1.165, 1.54) is 11.1 Å². The van der Waals surface area contributed by atoms with Crippen LogP contribution in [0, 0.1) is 6.92 Å². The highest BCUT2D eigenvalue weighted by atomic mass is 35.5. The summed E-state index contributed by atoms with van der Waals surface area (Å²) >= 11 is 6.36. The van der Waals surface area contributed by atoms with Crippen molar-refractivity contribution in [1.82, 2.24) is 9.78 Å². The molecule has 0 saturated heterocycles. The Bertz CT molecular complexity index is 647. The van der Waals surface area contributed by atoms with E-state index in [-0.39, 0.29) is 5.54 Å². The van der Waals surface area contributed by atoms with Crippen molar-refractivity contribution in [3.05, 3.63) is 51.8 Å². The number of aryl methyl sites for hydroxylation is 3. The summed E-state index contributed by atoms with van der Waals surface area (Å²) in [6, 6.07) is 8.58. The Morgan fingerprint density at radius 1 is 1.35 bits per heavy atom. The lowest BCUT2D eigenvalue weighted by molar-refractivity contribution is 0.361. The highest BCUT2D eigenvalue weighted by Crippen LogP contribution is 2.32. The molecule has 1 unspecified atom stereocenters. The molecule has 0 radical (unpaired) electrons. The standard InChI is InChI=1S/C16H20ClN3/c1-11-15(17)14(20(2)19-11)10-16(18)8-7-12-5-3-4-6-13(12)9-16/h3-6H,7-10,18H2,1-2H3. The fraction of sp³-hybridized carbons (Fsp3) is 0.438. The number of hydrogen-bond acceptors (Lipinski definition) is 2. The lowest BCUT2D eigenvalue weighted by Gasteiger charge is -2.35. The van der Waals surface area contributed by atoms with Crippen LogP contribution >= 0.6 is 11.6 Å². The van der Waals surface area contributed by atoms with Crippen molar-refractivity contribution in [2.45, 2.75) is 38.1 Å². The van der Waals surface area contributed by atoms with Crippen molar-refractivity contribution >= 4 is 11.6 Å². The Morgan fingerprint density at radius 2 is 2.05 bits per heavy atom. The van der Waals surface area contributed by atoms with Gasteiger partial charge < -0.3 is 5.73 Å². The van der Waals surface area contributed by atoms with Gasteiger partial charge in [-0.3, -0.25) is 4.68 Å². The molecule has 0 fully saturated rings. The molecule has 1 aliphatic carbocycles. The van der Waals surface area contributed by atoms with Crippen LogP contribution < -0.4 is 5.73 Å². The van der Waals surface area contributed by atoms with E-state index in [4.69, 9.17) is 17.3 Å². The number of fused-ring (bicyclic) bond motifs is 1. The highest BCUT2D eigenvalue weighted by molar-refractivity contribution is 6.31. The molecular weight excluding hydrogens is 270 g/mol. The second kappa shape index (κ2) is 4.90. The van der Waals surface area contributed by atoms with Crippen LogP contribution in [0.2, 0.25) is 5.02 Å². The van der Waals surface area contributed by atoms with Gasteiger partial charge in [0.1, 0.15) is 0 Å². The maximum absolute atomic E-state index is 6.65. The predicted octanol–water partition coefficient (Wildman–Crippen LogP) is 2.81. The third-order valence-electron chi connectivity index (χ3n) is 4.33. The molecule has 106 valence electrons. The predicted molar refractivity (Wildman–Crippen MR) is 82.0 cm³/mol. The van der Waals surface area contributed by atoms with Gasteiger partial charge in [-0.05, 0) is 37.3 Å². The zero-order valence-corrected chi connectivity index (χ0v) is 12.7. The van der Waals surface area contributed by atoms with Crippen molar-refractivity contribution in [2.24, 2.45) is 12.8 Å². The van der Waals surface area contributed by atoms with Crippen LogP contribution in [-0.2, 0) is 26.3 Å². The average Bonchev–Trinajstić information content (AvgIpc) is 2.65. The fourth-order valence-corrected chi connectivity index (χ4v) is 3.41. The van der Waals surface area contributed by atoms with E-state index in [2.05, 4.69) is 29.4 Å². The number of rotatable bonds is 2. The van der Waals surface area contributed by atoms with E-state index in [9.17, 15) is 0 Å². The third-order valence-corrected chi connectivity index (χ3v) is 4.83. The van der Waals surface area contributed by atoms with Gasteiger partial charge in [-0.2, -0.15) is 5.10 Å². The van der Waals surface area contributed by atoms with E-state index in [0.717, 1.165) is 42.1 Å². The molecule has 1 aromatic carbocycles. The van der Waals surface area contributed by atoms with Crippen molar-refractivity contribution in [3.63, 3.8) is 0 Å². The summed E-state index contributed by atoms with van der Waals surface area (Å²) in [4.78, 5) is 0. The first-order valence-corrected chi connectivity index (χ1v) is 7.40. The molecule has 0 amide bonds. The highest BCUT2D eigenvalue weighted by Gasteiger charge is 2.32. The van der Waals surface area contributed by atoms with Gasteiger partial charge in [0.15, 0.2) is 0 Å². The molecule has 1 heterocycles. The Labute approximate surface area is 124 Å². The summed E-state index contributed by atoms with van der Waals surface area (Å²) in [6.07, 6.45) is 3.72. The number of nitrogens with two attached hydrogens (primary N) is 1. The average molecular weight is 290 g/mol. The first-order chi connectivity index (χ1) is 9.48. The lowest BCUT2D eigenvalue weighted by atomic mass is 9.76. The molecule has 0 aliphatic heterocycles. The van der Waals surface area contributed by atoms with E-state index >= 15 is 0 Å². The van der Waals surface area contributed by atoms with Crippen LogP contribution in [0.25, 0.3) is 0 Å². The van der Waals surface area contributed by atoms with Crippen LogP contribution in [0.3, 0.4) is 0 Å². The van der Waals surface area contributed by atoms with E-state index in [1.54, 1.807) is 0 Å². The summed E-state index contributed by atoms with van der Waals surface area (Å²) in [5.74, 6) is 0. The monoisotopic (exact) mass is 289 g/mol. The fourth-order valence-electron chi connectivity index (χ4n) is 3.18. The minimum atomic E-state index is -0.224. The Balaban J connectivity index is 1.88. The SMILES string of the molecule is Cc1nn(C)c(CC2(N)CCc3ccccc3C2)c1Cl. The summed E-state index contributed by atoms with van der Waals surface area (Å²) in [6.45, 7) is 1.94. The Kier molecular flexibility index (Phi) is 3.35. The lowest BCUT2D eigenvalue weighted by Crippen LogP contribution is -2.47. The quantitative estimate of drug-likeness (QED) is 0.924. The second-order valence-corrected chi connectivity index (χ2v) is 6.33. The first kappa shape index (κ1) is 13.7. The topological polar surface area (TPSA) is 43.8 Å². The number of halogens is 1. The normalized spacial score (nSPS) is 21.8. The van der Waals surface area contributed by atoms with Gasteiger partial charge >= 0.3 is 0 Å². The van der Waals surface area contributed by atoms with Crippen LogP contribution in [0.4, 0.5) is 0 Å². The molecule has 1 aromatic heterocycles. The molecule has 1 aliphatic rings. The van der Waals surface area contributed by atoms with Gasteiger partial charge in [0.05, 0.1) is 16.4 Å². The second-order valence-electron chi connectivity index (χ2n) is 5.95. The largest absolute Gasteiger partial charge is 0.324 e. The molecule has 20 heavy (non-hydrogen) atoms. The van der Waals surface area contributed by atoms with Crippen LogP contribution in [0.15, 0.2) is 24.3 Å². The van der Waals surface area contributed by atoms with Crippen LogP contribution in [-0.4, -0.2) is 15.3 Å². The van der Waals surface area contributed by atoms with E-state index < -0.39 is 0 Å². The van der Waals surface area contributed by atoms with Gasteiger partial charge in [0.2, 0.25) is 0 Å². The number of nitrogens with zero attached hydrogens (tertiary/aromatic N) is 2. The molecule has 2 aromatic rings. The molecule has 0 bridgehead atoms. The van der Waals surface area contributed by atoms with Gasteiger partial charge in [-0.15, -0.1) is 0 Å². The molecule has 0 spiro atoms.